The zero-order valence-corrected chi connectivity index (χ0v) is 15.0. The lowest BCUT2D eigenvalue weighted by molar-refractivity contribution is -0.133. The minimum atomic E-state index is -0.0885. The second-order valence-electron chi connectivity index (χ2n) is 7.83. The van der Waals surface area contributed by atoms with Gasteiger partial charge in [0.1, 0.15) is 5.69 Å². The third-order valence-corrected chi connectivity index (χ3v) is 5.87. The highest BCUT2D eigenvalue weighted by atomic mass is 16.2. The highest BCUT2D eigenvalue weighted by Gasteiger charge is 2.46. The molecule has 2 heterocycles. The molecule has 0 spiro atoms. The first kappa shape index (κ1) is 16.4. The molecule has 6 nitrogen and oxygen atoms in total. The molecule has 1 aromatic heterocycles. The van der Waals surface area contributed by atoms with Gasteiger partial charge in [-0.3, -0.25) is 14.3 Å². The van der Waals surface area contributed by atoms with Gasteiger partial charge in [-0.15, -0.1) is 0 Å². The van der Waals surface area contributed by atoms with E-state index >= 15 is 0 Å². The van der Waals surface area contributed by atoms with E-state index in [-0.39, 0.29) is 17.2 Å². The van der Waals surface area contributed by atoms with Crippen molar-refractivity contribution in [3.63, 3.8) is 0 Å². The number of carbonyl (C=O) groups excluding carboxylic acids is 2. The molecule has 1 unspecified atom stereocenters. The molecule has 2 amide bonds. The van der Waals surface area contributed by atoms with Gasteiger partial charge in [0.15, 0.2) is 0 Å². The largest absolute Gasteiger partial charge is 0.350 e. The number of nitrogens with zero attached hydrogens (tertiary/aromatic N) is 3. The quantitative estimate of drug-likeness (QED) is 0.892. The number of hydrogen-bond donors (Lipinski definition) is 1. The van der Waals surface area contributed by atoms with Crippen LogP contribution in [0, 0.1) is 18.3 Å². The van der Waals surface area contributed by atoms with Crippen molar-refractivity contribution in [2.45, 2.75) is 45.4 Å². The lowest BCUT2D eigenvalue weighted by Gasteiger charge is -2.42. The number of nitrogens with one attached hydrogen (secondary N) is 1. The van der Waals surface area contributed by atoms with Crippen LogP contribution in [0.25, 0.3) is 0 Å². The van der Waals surface area contributed by atoms with Crippen LogP contribution in [0.5, 0.6) is 0 Å². The molecule has 0 aromatic carbocycles. The summed E-state index contributed by atoms with van der Waals surface area (Å²) >= 11 is 0. The monoisotopic (exact) mass is 342 g/mol. The fourth-order valence-corrected chi connectivity index (χ4v) is 4.28. The van der Waals surface area contributed by atoms with E-state index in [9.17, 15) is 9.59 Å². The normalized spacial score (nSPS) is 25.8. The Morgan fingerprint density at radius 1 is 1.40 bits per heavy atom. The molecule has 0 bridgehead atoms. The smallest absolute Gasteiger partial charge is 0.269 e. The maximum absolute atomic E-state index is 12.6. The number of hydrogen-bond acceptors (Lipinski definition) is 3. The van der Waals surface area contributed by atoms with Crippen molar-refractivity contribution >= 4 is 11.8 Å². The van der Waals surface area contributed by atoms with E-state index in [1.54, 1.807) is 11.7 Å². The summed E-state index contributed by atoms with van der Waals surface area (Å²) in [5.74, 6) is 0.840. The molecule has 1 saturated heterocycles. The number of likely N-dealkylation sites (tertiary alicyclic amines) is 1. The highest BCUT2D eigenvalue weighted by molar-refractivity contribution is 5.92. The van der Waals surface area contributed by atoms with Gasteiger partial charge in [-0.05, 0) is 51.0 Å². The molecule has 2 fully saturated rings. The van der Waals surface area contributed by atoms with E-state index < -0.39 is 0 Å². The number of piperidine rings is 1. The Bertz CT molecular complexity index is 747. The highest BCUT2D eigenvalue weighted by Crippen LogP contribution is 2.48. The van der Waals surface area contributed by atoms with Crippen LogP contribution in [0.3, 0.4) is 0 Å². The number of allylic oxidation sites excluding steroid dienone is 1. The molecular formula is C19H26N4O2. The Balaban J connectivity index is 1.48. The molecule has 25 heavy (non-hydrogen) atoms. The third-order valence-electron chi connectivity index (χ3n) is 5.87. The summed E-state index contributed by atoms with van der Waals surface area (Å²) in [4.78, 5) is 27.0. The van der Waals surface area contributed by atoms with Crippen molar-refractivity contribution in [2.24, 2.45) is 18.4 Å². The molecule has 0 radical (unpaired) electrons. The summed E-state index contributed by atoms with van der Waals surface area (Å²) in [6, 6.07) is 1.81. The Hall–Kier alpha value is -2.11. The molecule has 134 valence electrons. The van der Waals surface area contributed by atoms with Gasteiger partial charge in [-0.1, -0.05) is 6.08 Å². The predicted octanol–water partition coefficient (Wildman–Crippen LogP) is 2.15. The average molecular weight is 342 g/mol. The fourth-order valence-electron chi connectivity index (χ4n) is 4.28. The van der Waals surface area contributed by atoms with Crippen LogP contribution in [0.2, 0.25) is 0 Å². The van der Waals surface area contributed by atoms with Crippen LogP contribution < -0.4 is 5.32 Å². The predicted molar refractivity (Wildman–Crippen MR) is 93.7 cm³/mol. The van der Waals surface area contributed by atoms with Gasteiger partial charge in [-0.25, -0.2) is 0 Å². The molecule has 3 aliphatic rings. The second kappa shape index (κ2) is 6.00. The number of rotatable bonds is 5. The molecule has 1 N–H and O–H groups in total. The van der Waals surface area contributed by atoms with E-state index in [4.69, 9.17) is 0 Å². The Labute approximate surface area is 148 Å². The first-order chi connectivity index (χ1) is 12.0. The van der Waals surface area contributed by atoms with Gasteiger partial charge in [0.2, 0.25) is 5.91 Å². The zero-order valence-electron chi connectivity index (χ0n) is 15.0. The summed E-state index contributed by atoms with van der Waals surface area (Å²) < 4.78 is 1.62. The van der Waals surface area contributed by atoms with Crippen molar-refractivity contribution in [3.8, 4) is 0 Å². The van der Waals surface area contributed by atoms with Crippen molar-refractivity contribution in [2.75, 3.05) is 13.1 Å². The molecule has 1 saturated carbocycles. The summed E-state index contributed by atoms with van der Waals surface area (Å²) in [5, 5.41) is 7.36. The van der Waals surface area contributed by atoms with Gasteiger partial charge in [-0.2, -0.15) is 5.10 Å². The maximum atomic E-state index is 12.6. The Kier molecular flexibility index (Phi) is 3.93. The van der Waals surface area contributed by atoms with Gasteiger partial charge in [0.25, 0.3) is 5.91 Å². The van der Waals surface area contributed by atoms with Crippen LogP contribution in [0.4, 0.5) is 0 Å². The van der Waals surface area contributed by atoms with E-state index in [0.29, 0.717) is 24.6 Å². The molecule has 1 aliphatic heterocycles. The lowest BCUT2D eigenvalue weighted by atomic mass is 9.76. The standard InChI is InChI=1S/C19H26N4O2/c1-13-10-15(22(2)21-13)18(25)20-12-19-8-3-4-16(19)23(11-14-5-6-14)17(24)7-9-19/h4,10,14H,3,5-9,11-12H2,1-2H3,(H,20,25). The molecular weight excluding hydrogens is 316 g/mol. The van der Waals surface area contributed by atoms with Gasteiger partial charge >= 0.3 is 0 Å². The van der Waals surface area contributed by atoms with Crippen molar-refractivity contribution in [3.05, 3.63) is 29.2 Å². The second-order valence-corrected chi connectivity index (χ2v) is 7.83. The number of carbonyl (C=O) groups is 2. The molecule has 1 atom stereocenters. The van der Waals surface area contributed by atoms with Crippen LogP contribution in [0.15, 0.2) is 17.8 Å². The lowest BCUT2D eigenvalue weighted by Crippen LogP contribution is -2.48. The zero-order chi connectivity index (χ0) is 17.6. The Morgan fingerprint density at radius 3 is 2.88 bits per heavy atom. The first-order valence-electron chi connectivity index (χ1n) is 9.28. The summed E-state index contributed by atoms with van der Waals surface area (Å²) in [6.07, 6.45) is 8.13. The minimum Gasteiger partial charge on any atom is -0.350 e. The number of fused-ring (bicyclic) bond motifs is 1. The molecule has 2 aliphatic carbocycles. The van der Waals surface area contributed by atoms with Crippen LogP contribution in [-0.2, 0) is 11.8 Å². The SMILES string of the molecule is Cc1cc(C(=O)NCC23CCC=C2N(CC2CC2)C(=O)CC3)n(C)n1. The van der Waals surface area contributed by atoms with E-state index in [1.165, 1.54) is 12.8 Å². The van der Waals surface area contributed by atoms with E-state index in [2.05, 4.69) is 16.5 Å². The van der Waals surface area contributed by atoms with Crippen LogP contribution in [0.1, 0.15) is 54.7 Å². The average Bonchev–Trinajstić information content (AvgIpc) is 3.19. The molecule has 4 rings (SSSR count). The Morgan fingerprint density at radius 2 is 2.20 bits per heavy atom. The summed E-state index contributed by atoms with van der Waals surface area (Å²) in [7, 11) is 1.79. The van der Waals surface area contributed by atoms with Crippen molar-refractivity contribution in [1.82, 2.24) is 20.0 Å². The molecule has 6 heteroatoms. The summed E-state index contributed by atoms with van der Waals surface area (Å²) in [6.45, 7) is 3.34. The van der Waals surface area contributed by atoms with Crippen LogP contribution >= 0.6 is 0 Å². The van der Waals surface area contributed by atoms with E-state index in [0.717, 1.165) is 37.2 Å². The topological polar surface area (TPSA) is 67.2 Å². The third kappa shape index (κ3) is 2.98. The molecule has 1 aromatic rings. The van der Waals surface area contributed by atoms with Gasteiger partial charge in [0.05, 0.1) is 5.69 Å². The fraction of sp³-hybridized carbons (Fsp3) is 0.632. The van der Waals surface area contributed by atoms with E-state index in [1.807, 2.05) is 17.9 Å². The van der Waals surface area contributed by atoms with Crippen molar-refractivity contribution < 1.29 is 9.59 Å². The number of amides is 2. The summed E-state index contributed by atoms with van der Waals surface area (Å²) in [5.41, 5.74) is 2.51. The minimum absolute atomic E-state index is 0.0773. The first-order valence-corrected chi connectivity index (χ1v) is 9.28. The number of aromatic nitrogens is 2. The van der Waals surface area contributed by atoms with Gasteiger partial charge in [0, 0.05) is 37.7 Å². The van der Waals surface area contributed by atoms with Crippen molar-refractivity contribution in [1.29, 1.82) is 0 Å². The number of aryl methyl sites for hydroxylation is 2. The van der Waals surface area contributed by atoms with Crippen LogP contribution in [-0.4, -0.2) is 39.6 Å². The maximum Gasteiger partial charge on any atom is 0.269 e. The van der Waals surface area contributed by atoms with Gasteiger partial charge < -0.3 is 10.2 Å².